The van der Waals surface area contributed by atoms with Crippen molar-refractivity contribution >= 4 is 29.2 Å². The summed E-state index contributed by atoms with van der Waals surface area (Å²) in [5.74, 6) is -1.41. The molecule has 1 aliphatic heterocycles. The Labute approximate surface area is 168 Å². The first-order valence-corrected chi connectivity index (χ1v) is 8.48. The molecular formula is C20H22N2O7. The zero-order valence-corrected chi connectivity index (χ0v) is 16.6. The highest BCUT2D eigenvalue weighted by Crippen LogP contribution is 2.35. The summed E-state index contributed by atoms with van der Waals surface area (Å²) in [6, 6.07) is 4.87. The molecule has 1 aromatic carbocycles. The van der Waals surface area contributed by atoms with E-state index in [1.54, 1.807) is 36.6 Å². The summed E-state index contributed by atoms with van der Waals surface area (Å²) in [4.78, 5) is 38.4. The van der Waals surface area contributed by atoms with Gasteiger partial charge < -0.3 is 29.2 Å². The molecule has 0 spiro atoms. The number of ether oxygens (including phenoxy) is 4. The van der Waals surface area contributed by atoms with Crippen LogP contribution in [0, 0.1) is 0 Å². The third kappa shape index (κ3) is 5.02. The normalized spacial score (nSPS) is 13.0. The van der Waals surface area contributed by atoms with E-state index in [0.717, 1.165) is 0 Å². The average molecular weight is 402 g/mol. The van der Waals surface area contributed by atoms with Gasteiger partial charge in [-0.3, -0.25) is 4.79 Å². The van der Waals surface area contributed by atoms with Crippen molar-refractivity contribution < 1.29 is 33.3 Å². The van der Waals surface area contributed by atoms with Crippen LogP contribution in [0.15, 0.2) is 53.9 Å². The van der Waals surface area contributed by atoms with E-state index in [2.05, 4.69) is 5.32 Å². The van der Waals surface area contributed by atoms with Crippen LogP contribution in [0.3, 0.4) is 0 Å². The number of allylic oxidation sites excluding steroid dienone is 2. The fourth-order valence-electron chi connectivity index (χ4n) is 2.61. The molecule has 1 aliphatic rings. The van der Waals surface area contributed by atoms with Crippen LogP contribution < -0.4 is 15.0 Å². The van der Waals surface area contributed by atoms with Crippen LogP contribution in [-0.4, -0.2) is 52.9 Å². The number of esters is 2. The van der Waals surface area contributed by atoms with E-state index < -0.39 is 17.8 Å². The SMILES string of the molecule is COCC(=O)Nc1ccc(OC)cc1N1C=CC=CC(C(=O)OC)=C1C(=O)OC. The minimum absolute atomic E-state index is 0.0127. The summed E-state index contributed by atoms with van der Waals surface area (Å²) in [5, 5.41) is 2.71. The fourth-order valence-corrected chi connectivity index (χ4v) is 2.61. The molecule has 1 amide bonds. The van der Waals surface area contributed by atoms with Crippen LogP contribution in [-0.2, 0) is 28.6 Å². The van der Waals surface area contributed by atoms with Gasteiger partial charge in [0, 0.05) is 19.4 Å². The van der Waals surface area contributed by atoms with Crippen LogP contribution in [0.5, 0.6) is 5.75 Å². The van der Waals surface area contributed by atoms with Gasteiger partial charge in [0.1, 0.15) is 18.1 Å². The molecule has 0 atom stereocenters. The predicted molar refractivity (Wildman–Crippen MR) is 105 cm³/mol. The van der Waals surface area contributed by atoms with Gasteiger partial charge >= 0.3 is 11.9 Å². The molecule has 0 saturated heterocycles. The molecule has 0 radical (unpaired) electrons. The zero-order chi connectivity index (χ0) is 21.4. The van der Waals surface area contributed by atoms with Crippen LogP contribution in [0.25, 0.3) is 0 Å². The van der Waals surface area contributed by atoms with Crippen molar-refractivity contribution in [3.63, 3.8) is 0 Å². The van der Waals surface area contributed by atoms with Crippen molar-refractivity contribution in [2.24, 2.45) is 0 Å². The van der Waals surface area contributed by atoms with Gasteiger partial charge in [0.05, 0.1) is 38.3 Å². The van der Waals surface area contributed by atoms with Gasteiger partial charge in [-0.15, -0.1) is 0 Å². The Balaban J connectivity index is 2.69. The second kappa shape index (κ2) is 10.1. The number of rotatable bonds is 7. The maximum atomic E-state index is 12.6. The highest BCUT2D eigenvalue weighted by molar-refractivity contribution is 6.06. The second-order valence-corrected chi connectivity index (χ2v) is 5.68. The highest BCUT2D eigenvalue weighted by atomic mass is 16.5. The van der Waals surface area contributed by atoms with E-state index in [-0.39, 0.29) is 17.9 Å². The molecule has 0 bridgehead atoms. The maximum absolute atomic E-state index is 12.6. The van der Waals surface area contributed by atoms with Gasteiger partial charge in [-0.25, -0.2) is 9.59 Å². The molecule has 0 saturated carbocycles. The summed E-state index contributed by atoms with van der Waals surface area (Å²) < 4.78 is 19.8. The van der Waals surface area contributed by atoms with Gasteiger partial charge in [-0.2, -0.15) is 0 Å². The largest absolute Gasteiger partial charge is 0.497 e. The molecule has 9 nitrogen and oxygen atoms in total. The summed E-state index contributed by atoms with van der Waals surface area (Å²) >= 11 is 0. The van der Waals surface area contributed by atoms with Gasteiger partial charge in [0.2, 0.25) is 5.91 Å². The highest BCUT2D eigenvalue weighted by Gasteiger charge is 2.29. The quantitative estimate of drug-likeness (QED) is 0.689. The Morgan fingerprint density at radius 3 is 2.34 bits per heavy atom. The zero-order valence-electron chi connectivity index (χ0n) is 16.6. The third-order valence-electron chi connectivity index (χ3n) is 3.90. The van der Waals surface area contributed by atoms with E-state index >= 15 is 0 Å². The van der Waals surface area contributed by atoms with Crippen molar-refractivity contribution in [2.75, 3.05) is 45.3 Å². The monoisotopic (exact) mass is 402 g/mol. The Kier molecular flexibility index (Phi) is 7.55. The lowest BCUT2D eigenvalue weighted by Gasteiger charge is -2.26. The molecule has 0 aliphatic carbocycles. The lowest BCUT2D eigenvalue weighted by Crippen LogP contribution is -2.28. The molecule has 0 unspecified atom stereocenters. The van der Waals surface area contributed by atoms with Gasteiger partial charge in [0.25, 0.3) is 0 Å². The third-order valence-corrected chi connectivity index (χ3v) is 3.90. The van der Waals surface area contributed by atoms with E-state index in [1.165, 1.54) is 39.4 Å². The summed E-state index contributed by atoms with van der Waals surface area (Å²) in [6.45, 7) is -0.157. The topological polar surface area (TPSA) is 103 Å². The summed E-state index contributed by atoms with van der Waals surface area (Å²) in [5.41, 5.74) is 0.641. The van der Waals surface area contributed by atoms with Crippen LogP contribution in [0.4, 0.5) is 11.4 Å². The second-order valence-electron chi connectivity index (χ2n) is 5.68. The first kappa shape index (κ1) is 21.7. The number of carbonyl (C=O) groups excluding carboxylic acids is 3. The Morgan fingerprint density at radius 2 is 1.72 bits per heavy atom. The number of amides is 1. The number of nitrogens with one attached hydrogen (secondary N) is 1. The number of nitrogens with zero attached hydrogens (tertiary/aromatic N) is 1. The molecule has 29 heavy (non-hydrogen) atoms. The van der Waals surface area contributed by atoms with E-state index in [1.807, 2.05) is 0 Å². The van der Waals surface area contributed by atoms with E-state index in [9.17, 15) is 14.4 Å². The fraction of sp³-hybridized carbons (Fsp3) is 0.250. The first-order chi connectivity index (χ1) is 14.0. The Morgan fingerprint density at radius 1 is 1.00 bits per heavy atom. The molecule has 1 heterocycles. The minimum Gasteiger partial charge on any atom is -0.497 e. The van der Waals surface area contributed by atoms with Gasteiger partial charge in [-0.1, -0.05) is 6.08 Å². The molecular weight excluding hydrogens is 380 g/mol. The van der Waals surface area contributed by atoms with Gasteiger partial charge in [0.15, 0.2) is 0 Å². The molecule has 0 fully saturated rings. The lowest BCUT2D eigenvalue weighted by atomic mass is 10.1. The number of anilines is 2. The van der Waals surface area contributed by atoms with Crippen molar-refractivity contribution in [1.29, 1.82) is 0 Å². The molecule has 1 N–H and O–H groups in total. The Bertz CT molecular complexity index is 887. The Hall–Kier alpha value is -3.59. The number of methoxy groups -OCH3 is 4. The van der Waals surface area contributed by atoms with Crippen molar-refractivity contribution in [3.05, 3.63) is 53.9 Å². The summed E-state index contributed by atoms with van der Waals surface area (Å²) in [6.07, 6.45) is 6.20. The molecule has 1 aromatic rings. The van der Waals surface area contributed by atoms with Gasteiger partial charge in [-0.05, 0) is 24.3 Å². The molecule has 9 heteroatoms. The number of hydrogen-bond donors (Lipinski definition) is 1. The maximum Gasteiger partial charge on any atom is 0.355 e. The lowest BCUT2D eigenvalue weighted by molar-refractivity contribution is -0.139. The number of hydrogen-bond acceptors (Lipinski definition) is 8. The standard InChI is InChI=1S/C20H22N2O7/c1-26-12-17(23)21-15-9-8-13(27-2)11-16(15)22-10-6-5-7-14(19(24)28-3)18(22)20(25)29-4/h5-11H,12H2,1-4H3,(H,21,23). The van der Waals surface area contributed by atoms with Crippen LogP contribution in [0.1, 0.15) is 0 Å². The van der Waals surface area contributed by atoms with Crippen LogP contribution >= 0.6 is 0 Å². The summed E-state index contributed by atoms with van der Waals surface area (Å²) in [7, 11) is 5.30. The average Bonchev–Trinajstić information content (AvgIpc) is 2.96. The van der Waals surface area contributed by atoms with Crippen molar-refractivity contribution in [3.8, 4) is 5.75 Å². The van der Waals surface area contributed by atoms with Crippen molar-refractivity contribution in [2.45, 2.75) is 0 Å². The number of benzene rings is 1. The smallest absolute Gasteiger partial charge is 0.355 e. The van der Waals surface area contributed by atoms with E-state index in [0.29, 0.717) is 17.1 Å². The van der Waals surface area contributed by atoms with Crippen molar-refractivity contribution in [1.82, 2.24) is 0 Å². The van der Waals surface area contributed by atoms with E-state index in [4.69, 9.17) is 18.9 Å². The predicted octanol–water partition coefficient (Wildman–Crippen LogP) is 1.77. The molecule has 0 aromatic heterocycles. The van der Waals surface area contributed by atoms with Crippen LogP contribution in [0.2, 0.25) is 0 Å². The first-order valence-electron chi connectivity index (χ1n) is 8.48. The molecule has 2 rings (SSSR count). The minimum atomic E-state index is -0.765. The molecule has 154 valence electrons. The number of carbonyl (C=O) groups is 3.